The van der Waals surface area contributed by atoms with Crippen molar-refractivity contribution < 1.29 is 10.2 Å². The second-order valence-electron chi connectivity index (χ2n) is 6.83. The SMILES string of the molecule is CC1=NC(NCCCO)(Nc2ccccc2)N(Cl)C(c2ccncc2)=C1.NCCCO. The first-order valence-electron chi connectivity index (χ1n) is 10.2. The van der Waals surface area contributed by atoms with E-state index in [2.05, 4.69) is 15.6 Å². The highest BCUT2D eigenvalue weighted by Crippen LogP contribution is 2.34. The molecule has 0 aliphatic carbocycles. The van der Waals surface area contributed by atoms with Gasteiger partial charge in [0.2, 0.25) is 0 Å². The zero-order chi connectivity index (χ0) is 22.5. The van der Waals surface area contributed by atoms with Gasteiger partial charge in [0.15, 0.2) is 0 Å². The van der Waals surface area contributed by atoms with Crippen molar-refractivity contribution in [1.29, 1.82) is 0 Å². The van der Waals surface area contributed by atoms with Crippen LogP contribution in [0.4, 0.5) is 5.69 Å². The Morgan fingerprint density at radius 2 is 1.74 bits per heavy atom. The van der Waals surface area contributed by atoms with Crippen LogP contribution in [0, 0.1) is 0 Å². The van der Waals surface area contributed by atoms with Crippen molar-refractivity contribution in [2.24, 2.45) is 10.7 Å². The molecule has 168 valence electrons. The summed E-state index contributed by atoms with van der Waals surface area (Å²) >= 11 is 6.78. The standard InChI is InChI=1S/C19H22ClN5O.C3H9NO/c1-15-14-18(16-8-11-21-12-9-16)25(20)19(23-15,22-10-5-13-26)24-17-6-3-2-4-7-17;4-2-1-3-5/h2-4,6-9,11-12,14,22,24,26H,5,10,13H2,1H3;5H,1-4H2. The maximum absolute atomic E-state index is 9.16. The lowest BCUT2D eigenvalue weighted by Gasteiger charge is -2.42. The molecule has 2 aromatic rings. The molecule has 1 aromatic heterocycles. The normalized spacial score (nSPS) is 17.9. The number of aliphatic imine (C=N–C) groups is 1. The van der Waals surface area contributed by atoms with Crippen molar-refractivity contribution in [3.8, 4) is 0 Å². The highest BCUT2D eigenvalue weighted by atomic mass is 35.5. The Kier molecular flexibility index (Phi) is 10.4. The maximum Gasteiger partial charge on any atom is 0.283 e. The Morgan fingerprint density at radius 3 is 2.32 bits per heavy atom. The Morgan fingerprint density at radius 1 is 1.06 bits per heavy atom. The summed E-state index contributed by atoms with van der Waals surface area (Å²) in [6.07, 6.45) is 6.70. The number of hydrogen-bond donors (Lipinski definition) is 5. The van der Waals surface area contributed by atoms with Crippen LogP contribution in [0.15, 0.2) is 65.9 Å². The number of pyridine rings is 1. The third kappa shape index (κ3) is 7.30. The molecule has 0 amide bonds. The number of aromatic nitrogens is 1. The Balaban J connectivity index is 0.000000614. The minimum atomic E-state index is -1.07. The van der Waals surface area contributed by atoms with Crippen LogP contribution in [0.1, 0.15) is 25.3 Å². The van der Waals surface area contributed by atoms with E-state index < -0.39 is 5.91 Å². The van der Waals surface area contributed by atoms with Crippen molar-refractivity contribution in [2.75, 3.05) is 31.6 Å². The largest absolute Gasteiger partial charge is 0.396 e. The number of nitrogens with two attached hydrogens (primary N) is 1. The first kappa shape index (κ1) is 24.8. The summed E-state index contributed by atoms with van der Waals surface area (Å²) in [5, 5.41) is 23.9. The van der Waals surface area contributed by atoms with Gasteiger partial charge in [-0.25, -0.2) is 9.41 Å². The molecule has 2 heterocycles. The van der Waals surface area contributed by atoms with E-state index in [4.69, 9.17) is 32.7 Å². The van der Waals surface area contributed by atoms with Gasteiger partial charge < -0.3 is 21.3 Å². The number of nitrogens with zero attached hydrogens (tertiary/aromatic N) is 3. The molecule has 0 spiro atoms. The third-order valence-electron chi connectivity index (χ3n) is 4.32. The molecule has 0 bridgehead atoms. The lowest BCUT2D eigenvalue weighted by atomic mass is 10.1. The third-order valence-corrected chi connectivity index (χ3v) is 4.74. The quantitative estimate of drug-likeness (QED) is 0.228. The Hall–Kier alpha value is -2.49. The maximum atomic E-state index is 9.16. The van der Waals surface area contributed by atoms with Gasteiger partial charge in [0, 0.05) is 60.9 Å². The number of nitrogens with one attached hydrogen (secondary N) is 2. The summed E-state index contributed by atoms with van der Waals surface area (Å²) in [6, 6.07) is 13.6. The minimum absolute atomic E-state index is 0.0897. The monoisotopic (exact) mass is 446 g/mol. The van der Waals surface area contributed by atoms with Gasteiger partial charge in [0.25, 0.3) is 5.91 Å². The van der Waals surface area contributed by atoms with Crippen molar-refractivity contribution in [2.45, 2.75) is 25.7 Å². The van der Waals surface area contributed by atoms with Gasteiger partial charge in [-0.3, -0.25) is 10.3 Å². The molecule has 9 heteroatoms. The summed E-state index contributed by atoms with van der Waals surface area (Å²) in [7, 11) is 0. The average molecular weight is 447 g/mol. The van der Waals surface area contributed by atoms with Crippen LogP contribution in [0.5, 0.6) is 0 Å². The summed E-state index contributed by atoms with van der Waals surface area (Å²) in [5.74, 6) is -1.07. The lowest BCUT2D eigenvalue weighted by molar-refractivity contribution is 0.226. The minimum Gasteiger partial charge on any atom is -0.396 e. The average Bonchev–Trinajstić information content (AvgIpc) is 2.79. The number of aliphatic hydroxyl groups is 2. The van der Waals surface area contributed by atoms with Gasteiger partial charge in [-0.05, 0) is 56.7 Å². The number of benzene rings is 1. The van der Waals surface area contributed by atoms with Crippen molar-refractivity contribution >= 4 is 28.9 Å². The van der Waals surface area contributed by atoms with Crippen LogP contribution in [0.2, 0.25) is 0 Å². The number of halogens is 1. The highest BCUT2D eigenvalue weighted by molar-refractivity contribution is 6.20. The number of hydrogen-bond acceptors (Lipinski definition) is 8. The molecular weight excluding hydrogens is 416 g/mol. The molecular formula is C22H31ClN6O2. The van der Waals surface area contributed by atoms with E-state index in [9.17, 15) is 0 Å². The molecule has 31 heavy (non-hydrogen) atoms. The van der Waals surface area contributed by atoms with Crippen LogP contribution in [0.25, 0.3) is 5.70 Å². The lowest BCUT2D eigenvalue weighted by Crippen LogP contribution is -2.60. The number of para-hydroxylation sites is 1. The van der Waals surface area contributed by atoms with E-state index in [0.717, 1.165) is 29.1 Å². The van der Waals surface area contributed by atoms with Gasteiger partial charge in [-0.15, -0.1) is 0 Å². The van der Waals surface area contributed by atoms with E-state index in [1.165, 1.54) is 0 Å². The fourth-order valence-electron chi connectivity index (χ4n) is 2.87. The summed E-state index contributed by atoms with van der Waals surface area (Å²) < 4.78 is 1.56. The highest BCUT2D eigenvalue weighted by Gasteiger charge is 2.40. The van der Waals surface area contributed by atoms with E-state index in [1.54, 1.807) is 16.8 Å². The predicted molar refractivity (Wildman–Crippen MR) is 126 cm³/mol. The van der Waals surface area contributed by atoms with E-state index in [1.807, 2.05) is 55.5 Å². The number of aliphatic hydroxyl groups excluding tert-OH is 2. The molecule has 0 saturated heterocycles. The Bertz CT molecular complexity index is 832. The summed E-state index contributed by atoms with van der Waals surface area (Å²) in [5.41, 5.74) is 8.43. The second-order valence-corrected chi connectivity index (χ2v) is 7.17. The zero-order valence-corrected chi connectivity index (χ0v) is 18.5. The molecule has 8 nitrogen and oxygen atoms in total. The first-order valence-corrected chi connectivity index (χ1v) is 10.5. The summed E-state index contributed by atoms with van der Waals surface area (Å²) in [6.45, 7) is 3.37. The Labute approximate surface area is 188 Å². The van der Waals surface area contributed by atoms with Crippen molar-refractivity contribution in [3.05, 3.63) is 66.5 Å². The van der Waals surface area contributed by atoms with Gasteiger partial charge in [-0.2, -0.15) is 0 Å². The molecule has 0 saturated carbocycles. The molecule has 3 rings (SSSR count). The fraction of sp³-hybridized carbons (Fsp3) is 0.364. The molecule has 1 unspecified atom stereocenters. The van der Waals surface area contributed by atoms with Crippen LogP contribution in [-0.2, 0) is 0 Å². The van der Waals surface area contributed by atoms with Gasteiger partial charge in [0.1, 0.15) is 0 Å². The van der Waals surface area contributed by atoms with Gasteiger partial charge in [-0.1, -0.05) is 18.2 Å². The van der Waals surface area contributed by atoms with E-state index in [0.29, 0.717) is 19.5 Å². The van der Waals surface area contributed by atoms with Crippen LogP contribution in [0.3, 0.4) is 0 Å². The molecule has 6 N–H and O–H groups in total. The zero-order valence-electron chi connectivity index (χ0n) is 17.7. The van der Waals surface area contributed by atoms with Crippen molar-refractivity contribution in [1.82, 2.24) is 14.7 Å². The van der Waals surface area contributed by atoms with Crippen molar-refractivity contribution in [3.63, 3.8) is 0 Å². The molecule has 1 aromatic carbocycles. The topological polar surface area (TPSA) is 119 Å². The second kappa shape index (κ2) is 13.0. The van der Waals surface area contributed by atoms with Gasteiger partial charge >= 0.3 is 0 Å². The molecule has 1 atom stereocenters. The van der Waals surface area contributed by atoms with Gasteiger partial charge in [0.05, 0.1) is 5.70 Å². The van der Waals surface area contributed by atoms with E-state index >= 15 is 0 Å². The van der Waals surface area contributed by atoms with E-state index in [-0.39, 0.29) is 13.2 Å². The fourth-order valence-corrected chi connectivity index (χ4v) is 3.15. The predicted octanol–water partition coefficient (Wildman–Crippen LogP) is 2.38. The molecule has 1 aliphatic rings. The first-order chi connectivity index (χ1) is 15.1. The van der Waals surface area contributed by atoms with Crippen LogP contribution in [-0.4, -0.2) is 57.5 Å². The number of allylic oxidation sites excluding steroid dienone is 1. The number of rotatable bonds is 9. The smallest absolute Gasteiger partial charge is 0.283 e. The molecule has 1 aliphatic heterocycles. The number of anilines is 1. The van der Waals surface area contributed by atoms with Crippen LogP contribution < -0.4 is 16.4 Å². The van der Waals surface area contributed by atoms with Crippen LogP contribution >= 0.6 is 11.8 Å². The molecule has 0 fully saturated rings. The summed E-state index contributed by atoms with van der Waals surface area (Å²) in [4.78, 5) is 8.82. The molecule has 0 radical (unpaired) electrons.